The molecule has 0 aliphatic heterocycles. The van der Waals surface area contributed by atoms with Crippen molar-refractivity contribution in [2.45, 2.75) is 10.9 Å². The van der Waals surface area contributed by atoms with E-state index >= 15 is 0 Å². The highest BCUT2D eigenvalue weighted by Gasteiger charge is 2.07. The molecule has 3 aromatic rings. The van der Waals surface area contributed by atoms with Crippen LogP contribution < -0.4 is 5.32 Å². The van der Waals surface area contributed by atoms with Gasteiger partial charge in [-0.3, -0.25) is 4.98 Å². The molecule has 0 aliphatic carbocycles. The van der Waals surface area contributed by atoms with E-state index in [2.05, 4.69) is 30.2 Å². The summed E-state index contributed by atoms with van der Waals surface area (Å²) in [6.07, 6.45) is 1.76. The lowest BCUT2D eigenvalue weighted by atomic mass is 10.2. The van der Waals surface area contributed by atoms with Gasteiger partial charge in [-0.1, -0.05) is 17.8 Å². The van der Waals surface area contributed by atoms with Crippen LogP contribution in [0.25, 0.3) is 0 Å². The first kappa shape index (κ1) is 16.0. The van der Waals surface area contributed by atoms with Crippen molar-refractivity contribution in [3.63, 3.8) is 0 Å². The number of anilines is 2. The van der Waals surface area contributed by atoms with Gasteiger partial charge in [0.1, 0.15) is 0 Å². The van der Waals surface area contributed by atoms with Crippen LogP contribution in [-0.4, -0.2) is 33.2 Å². The summed E-state index contributed by atoms with van der Waals surface area (Å²) in [5, 5.41) is 10.7. The van der Waals surface area contributed by atoms with Crippen molar-refractivity contribution in [2.24, 2.45) is 0 Å². The Morgan fingerprint density at radius 1 is 1.25 bits per heavy atom. The Morgan fingerprint density at radius 3 is 2.79 bits per heavy atom. The Balaban J connectivity index is 1.58. The summed E-state index contributed by atoms with van der Waals surface area (Å²) in [7, 11) is 1.35. The van der Waals surface area contributed by atoms with Crippen molar-refractivity contribution in [1.29, 1.82) is 0 Å². The summed E-state index contributed by atoms with van der Waals surface area (Å²) < 4.78 is 4.67. The van der Waals surface area contributed by atoms with E-state index in [1.54, 1.807) is 30.5 Å². The zero-order valence-electron chi connectivity index (χ0n) is 12.9. The number of H-pyrrole nitrogens is 1. The first-order chi connectivity index (χ1) is 11.7. The molecule has 7 nitrogen and oxygen atoms in total. The summed E-state index contributed by atoms with van der Waals surface area (Å²) in [4.78, 5) is 20.0. The predicted molar refractivity (Wildman–Crippen MR) is 91.2 cm³/mol. The number of nitrogens with zero attached hydrogens (tertiary/aromatic N) is 3. The molecule has 2 N–H and O–H groups in total. The molecule has 2 heterocycles. The van der Waals surface area contributed by atoms with Crippen molar-refractivity contribution < 1.29 is 9.53 Å². The molecule has 3 rings (SSSR count). The van der Waals surface area contributed by atoms with Gasteiger partial charge in [-0.2, -0.15) is 4.98 Å². The van der Waals surface area contributed by atoms with E-state index < -0.39 is 0 Å². The lowest BCUT2D eigenvalue weighted by Gasteiger charge is -2.03. The molecular weight excluding hydrogens is 326 g/mol. The molecule has 0 unspecified atom stereocenters. The SMILES string of the molecule is COC(=O)c1ccc(Nc2nc(SCc3ccccn3)n[nH]2)cc1. The lowest BCUT2D eigenvalue weighted by molar-refractivity contribution is 0.0601. The molecule has 0 saturated heterocycles. The highest BCUT2D eigenvalue weighted by molar-refractivity contribution is 7.98. The second kappa shape index (κ2) is 7.60. The molecule has 0 saturated carbocycles. The number of hydrogen-bond donors (Lipinski definition) is 2. The van der Waals surface area contributed by atoms with Crippen LogP contribution in [0.3, 0.4) is 0 Å². The number of rotatable bonds is 6. The van der Waals surface area contributed by atoms with Crippen molar-refractivity contribution in [3.8, 4) is 0 Å². The summed E-state index contributed by atoms with van der Waals surface area (Å²) >= 11 is 1.50. The molecular formula is C16H15N5O2S. The third-order valence-corrected chi connectivity index (χ3v) is 3.99. The van der Waals surface area contributed by atoms with E-state index in [0.29, 0.717) is 22.4 Å². The smallest absolute Gasteiger partial charge is 0.337 e. The number of aromatic amines is 1. The Hall–Kier alpha value is -2.87. The molecule has 0 amide bonds. The topological polar surface area (TPSA) is 92.8 Å². The van der Waals surface area contributed by atoms with Gasteiger partial charge in [0.15, 0.2) is 0 Å². The molecule has 1 aromatic carbocycles. The number of thioether (sulfide) groups is 1. The van der Waals surface area contributed by atoms with Gasteiger partial charge in [0, 0.05) is 17.6 Å². The highest BCUT2D eigenvalue weighted by atomic mass is 32.2. The van der Waals surface area contributed by atoms with Gasteiger partial charge in [0.2, 0.25) is 11.1 Å². The second-order valence-corrected chi connectivity index (χ2v) is 5.71. The molecule has 24 heavy (non-hydrogen) atoms. The standard InChI is InChI=1S/C16H15N5O2S/c1-23-14(22)11-5-7-12(8-6-11)18-15-19-16(21-20-15)24-10-13-4-2-3-9-17-13/h2-9H,10H2,1H3,(H2,18,19,20,21). The maximum absolute atomic E-state index is 11.4. The number of pyridine rings is 1. The maximum atomic E-state index is 11.4. The normalized spacial score (nSPS) is 10.4. The fourth-order valence-corrected chi connectivity index (χ4v) is 2.65. The molecule has 0 spiro atoms. The molecule has 2 aromatic heterocycles. The minimum Gasteiger partial charge on any atom is -0.465 e. The number of hydrogen-bond acceptors (Lipinski definition) is 7. The number of carbonyl (C=O) groups is 1. The molecule has 122 valence electrons. The van der Waals surface area contributed by atoms with E-state index in [0.717, 1.165) is 11.4 Å². The monoisotopic (exact) mass is 341 g/mol. The van der Waals surface area contributed by atoms with Crippen LogP contribution in [0.15, 0.2) is 53.8 Å². The van der Waals surface area contributed by atoms with Crippen LogP contribution in [0.4, 0.5) is 11.6 Å². The van der Waals surface area contributed by atoms with E-state index in [9.17, 15) is 4.79 Å². The van der Waals surface area contributed by atoms with Crippen LogP contribution in [0.1, 0.15) is 16.1 Å². The number of esters is 1. The predicted octanol–water partition coefficient (Wildman–Crippen LogP) is 3.02. The van der Waals surface area contributed by atoms with Gasteiger partial charge in [0.05, 0.1) is 18.4 Å². The fraction of sp³-hybridized carbons (Fsp3) is 0.125. The van der Waals surface area contributed by atoms with Crippen LogP contribution in [-0.2, 0) is 10.5 Å². The zero-order chi connectivity index (χ0) is 16.8. The van der Waals surface area contributed by atoms with Crippen LogP contribution in [0.2, 0.25) is 0 Å². The first-order valence-corrected chi connectivity index (χ1v) is 8.13. The van der Waals surface area contributed by atoms with Gasteiger partial charge in [0.25, 0.3) is 0 Å². The average molecular weight is 341 g/mol. The molecule has 0 fully saturated rings. The number of methoxy groups -OCH3 is 1. The molecule has 8 heteroatoms. The number of benzene rings is 1. The van der Waals surface area contributed by atoms with Crippen LogP contribution in [0.5, 0.6) is 0 Å². The van der Waals surface area contributed by atoms with E-state index in [1.807, 2.05) is 18.2 Å². The van der Waals surface area contributed by atoms with E-state index in [-0.39, 0.29) is 5.97 Å². The molecule has 0 bridgehead atoms. The first-order valence-electron chi connectivity index (χ1n) is 7.15. The van der Waals surface area contributed by atoms with Crippen molar-refractivity contribution >= 4 is 29.4 Å². The van der Waals surface area contributed by atoms with Crippen LogP contribution in [0, 0.1) is 0 Å². The number of carbonyl (C=O) groups excluding carboxylic acids is 1. The maximum Gasteiger partial charge on any atom is 0.337 e. The summed E-state index contributed by atoms with van der Waals surface area (Å²) in [5.41, 5.74) is 2.26. The highest BCUT2D eigenvalue weighted by Crippen LogP contribution is 2.20. The minimum atomic E-state index is -0.366. The van der Waals surface area contributed by atoms with E-state index in [4.69, 9.17) is 0 Å². The molecule has 0 aliphatic rings. The average Bonchev–Trinajstić information content (AvgIpc) is 3.08. The van der Waals surface area contributed by atoms with Crippen molar-refractivity contribution in [2.75, 3.05) is 12.4 Å². The molecule has 0 radical (unpaired) electrons. The Kier molecular flexibility index (Phi) is 5.07. The van der Waals surface area contributed by atoms with Gasteiger partial charge >= 0.3 is 5.97 Å². The number of nitrogens with one attached hydrogen (secondary N) is 2. The van der Waals surface area contributed by atoms with Gasteiger partial charge in [-0.15, -0.1) is 5.10 Å². The Bertz CT molecular complexity index is 805. The van der Waals surface area contributed by atoms with Crippen molar-refractivity contribution in [3.05, 3.63) is 59.9 Å². The van der Waals surface area contributed by atoms with E-state index in [1.165, 1.54) is 18.9 Å². The van der Waals surface area contributed by atoms with Gasteiger partial charge in [-0.05, 0) is 36.4 Å². The summed E-state index contributed by atoms with van der Waals surface area (Å²) in [5.74, 6) is 0.866. The summed E-state index contributed by atoms with van der Waals surface area (Å²) in [6.45, 7) is 0. The quantitative estimate of drug-likeness (QED) is 0.526. The van der Waals surface area contributed by atoms with Gasteiger partial charge < -0.3 is 10.1 Å². The third kappa shape index (κ3) is 4.11. The fourth-order valence-electron chi connectivity index (χ4n) is 1.93. The Labute approximate surface area is 142 Å². The zero-order valence-corrected chi connectivity index (χ0v) is 13.7. The number of aromatic nitrogens is 4. The molecule has 0 atom stereocenters. The van der Waals surface area contributed by atoms with Crippen molar-refractivity contribution in [1.82, 2.24) is 20.2 Å². The lowest BCUT2D eigenvalue weighted by Crippen LogP contribution is -2.01. The minimum absolute atomic E-state index is 0.366. The van der Waals surface area contributed by atoms with Crippen LogP contribution >= 0.6 is 11.8 Å². The third-order valence-electron chi connectivity index (χ3n) is 3.11. The van der Waals surface area contributed by atoms with Gasteiger partial charge in [-0.25, -0.2) is 9.89 Å². The Morgan fingerprint density at radius 2 is 2.08 bits per heavy atom. The largest absolute Gasteiger partial charge is 0.465 e. The summed E-state index contributed by atoms with van der Waals surface area (Å²) in [6, 6.07) is 12.7. The second-order valence-electron chi connectivity index (χ2n) is 4.77. The number of ether oxygens (including phenoxy) is 1.